The van der Waals surface area contributed by atoms with Crippen LogP contribution in [0.1, 0.15) is 34.5 Å². The van der Waals surface area contributed by atoms with Gasteiger partial charge in [0.25, 0.3) is 5.91 Å². The van der Waals surface area contributed by atoms with Gasteiger partial charge in [0.2, 0.25) is 0 Å². The number of hydrogen-bond acceptors (Lipinski definition) is 4. The first kappa shape index (κ1) is 17.7. The quantitative estimate of drug-likeness (QED) is 0.856. The second-order valence-corrected chi connectivity index (χ2v) is 7.64. The van der Waals surface area contributed by atoms with Gasteiger partial charge < -0.3 is 4.90 Å². The molecular weight excluding hydrogens is 324 g/mol. The summed E-state index contributed by atoms with van der Waals surface area (Å²) in [6, 6.07) is 14.8. The maximum atomic E-state index is 12.5. The minimum atomic E-state index is -3.24. The van der Waals surface area contributed by atoms with Gasteiger partial charge in [0.05, 0.1) is 22.6 Å². The molecule has 1 atom stereocenters. The van der Waals surface area contributed by atoms with E-state index in [1.54, 1.807) is 60.5 Å². The van der Waals surface area contributed by atoms with Crippen molar-refractivity contribution in [3.63, 3.8) is 0 Å². The zero-order chi connectivity index (χ0) is 17.9. The molecule has 2 aromatic rings. The van der Waals surface area contributed by atoms with Crippen LogP contribution in [0.3, 0.4) is 0 Å². The normalized spacial score (nSPS) is 12.2. The van der Waals surface area contributed by atoms with Crippen molar-refractivity contribution in [3.05, 3.63) is 65.2 Å². The van der Waals surface area contributed by atoms with Crippen molar-refractivity contribution in [1.29, 1.82) is 5.26 Å². The van der Waals surface area contributed by atoms with Crippen LogP contribution in [0.5, 0.6) is 0 Å². The predicted octanol–water partition coefficient (Wildman–Crippen LogP) is 2.79. The Morgan fingerprint density at radius 1 is 1.08 bits per heavy atom. The molecule has 0 saturated heterocycles. The van der Waals surface area contributed by atoms with Gasteiger partial charge >= 0.3 is 0 Å². The molecule has 0 bridgehead atoms. The molecule has 124 valence electrons. The van der Waals surface area contributed by atoms with Crippen molar-refractivity contribution in [2.75, 3.05) is 13.3 Å². The van der Waals surface area contributed by atoms with Crippen LogP contribution in [0.25, 0.3) is 0 Å². The smallest absolute Gasteiger partial charge is 0.254 e. The Hall–Kier alpha value is -2.65. The summed E-state index contributed by atoms with van der Waals surface area (Å²) in [6.45, 7) is 1.87. The highest BCUT2D eigenvalue weighted by Gasteiger charge is 2.19. The van der Waals surface area contributed by atoms with Gasteiger partial charge in [-0.1, -0.05) is 12.1 Å². The Morgan fingerprint density at radius 3 is 2.08 bits per heavy atom. The number of carbonyl (C=O) groups is 1. The van der Waals surface area contributed by atoms with Crippen LogP contribution in [-0.2, 0) is 9.84 Å². The van der Waals surface area contributed by atoms with E-state index in [2.05, 4.69) is 0 Å². The molecule has 0 heterocycles. The lowest BCUT2D eigenvalue weighted by Gasteiger charge is -2.25. The second-order valence-electron chi connectivity index (χ2n) is 5.62. The van der Waals surface area contributed by atoms with E-state index in [0.29, 0.717) is 11.1 Å². The van der Waals surface area contributed by atoms with E-state index in [0.717, 1.165) is 11.8 Å². The van der Waals surface area contributed by atoms with Gasteiger partial charge in [-0.15, -0.1) is 0 Å². The van der Waals surface area contributed by atoms with E-state index < -0.39 is 9.84 Å². The molecule has 0 radical (unpaired) electrons. The van der Waals surface area contributed by atoms with E-state index in [-0.39, 0.29) is 16.8 Å². The molecule has 2 rings (SSSR count). The molecule has 5 nitrogen and oxygen atoms in total. The van der Waals surface area contributed by atoms with Crippen molar-refractivity contribution in [3.8, 4) is 6.07 Å². The molecular formula is C18H18N2O3S. The number of amides is 1. The molecule has 0 aromatic heterocycles. The molecule has 0 N–H and O–H groups in total. The molecule has 24 heavy (non-hydrogen) atoms. The Balaban J connectivity index is 2.20. The molecule has 0 spiro atoms. The van der Waals surface area contributed by atoms with Gasteiger partial charge in [0.1, 0.15) is 0 Å². The van der Waals surface area contributed by atoms with Crippen molar-refractivity contribution >= 4 is 15.7 Å². The zero-order valence-electron chi connectivity index (χ0n) is 13.7. The largest absolute Gasteiger partial charge is 0.335 e. The SMILES string of the molecule is CC(c1ccc(S(C)(=O)=O)cc1)N(C)C(=O)c1ccc(C#N)cc1. The van der Waals surface area contributed by atoms with Gasteiger partial charge in [-0.05, 0) is 48.9 Å². The molecule has 2 aromatic carbocycles. The van der Waals surface area contributed by atoms with Crippen LogP contribution in [-0.4, -0.2) is 32.5 Å². The number of carbonyl (C=O) groups excluding carboxylic acids is 1. The molecule has 0 aliphatic carbocycles. The number of nitrogens with zero attached hydrogens (tertiary/aromatic N) is 2. The zero-order valence-corrected chi connectivity index (χ0v) is 14.5. The Morgan fingerprint density at radius 2 is 1.62 bits per heavy atom. The van der Waals surface area contributed by atoms with E-state index in [1.807, 2.05) is 13.0 Å². The summed E-state index contributed by atoms with van der Waals surface area (Å²) in [4.78, 5) is 14.4. The van der Waals surface area contributed by atoms with Gasteiger partial charge in [-0.2, -0.15) is 5.26 Å². The maximum absolute atomic E-state index is 12.5. The topological polar surface area (TPSA) is 78.2 Å². The Bertz CT molecular complexity index is 879. The van der Waals surface area contributed by atoms with Crippen LogP contribution in [0.4, 0.5) is 0 Å². The third kappa shape index (κ3) is 3.81. The highest BCUT2D eigenvalue weighted by Crippen LogP contribution is 2.22. The van der Waals surface area contributed by atoms with Gasteiger partial charge in [0, 0.05) is 18.9 Å². The molecule has 0 saturated carbocycles. The number of sulfone groups is 1. The first-order chi connectivity index (χ1) is 11.2. The highest BCUT2D eigenvalue weighted by molar-refractivity contribution is 7.90. The Kier molecular flexibility index (Phi) is 5.05. The summed E-state index contributed by atoms with van der Waals surface area (Å²) in [7, 11) is -1.55. The van der Waals surface area contributed by atoms with E-state index in [4.69, 9.17) is 5.26 Å². The minimum absolute atomic E-state index is 0.167. The number of nitriles is 1. The summed E-state index contributed by atoms with van der Waals surface area (Å²) in [6.07, 6.45) is 1.16. The summed E-state index contributed by atoms with van der Waals surface area (Å²) < 4.78 is 23.0. The first-order valence-corrected chi connectivity index (χ1v) is 9.20. The first-order valence-electron chi connectivity index (χ1n) is 7.31. The van der Waals surface area contributed by atoms with Gasteiger partial charge in [0.15, 0.2) is 9.84 Å². The highest BCUT2D eigenvalue weighted by atomic mass is 32.2. The van der Waals surface area contributed by atoms with Crippen molar-refractivity contribution in [1.82, 2.24) is 4.90 Å². The fraction of sp³-hybridized carbons (Fsp3) is 0.222. The van der Waals surface area contributed by atoms with Crippen LogP contribution >= 0.6 is 0 Å². The molecule has 1 amide bonds. The lowest BCUT2D eigenvalue weighted by molar-refractivity contribution is 0.0742. The summed E-state index contributed by atoms with van der Waals surface area (Å²) in [5.74, 6) is -0.167. The van der Waals surface area contributed by atoms with E-state index >= 15 is 0 Å². The number of benzene rings is 2. The van der Waals surface area contributed by atoms with Crippen LogP contribution in [0.2, 0.25) is 0 Å². The monoisotopic (exact) mass is 342 g/mol. The predicted molar refractivity (Wildman–Crippen MR) is 91.2 cm³/mol. The third-order valence-corrected chi connectivity index (χ3v) is 5.08. The fourth-order valence-electron chi connectivity index (χ4n) is 2.28. The molecule has 0 aliphatic heterocycles. The van der Waals surface area contributed by atoms with Crippen molar-refractivity contribution in [2.45, 2.75) is 17.9 Å². The second kappa shape index (κ2) is 6.85. The molecule has 1 unspecified atom stereocenters. The average molecular weight is 342 g/mol. The van der Waals surface area contributed by atoms with Crippen LogP contribution < -0.4 is 0 Å². The van der Waals surface area contributed by atoms with Gasteiger partial charge in [-0.25, -0.2) is 8.42 Å². The van der Waals surface area contributed by atoms with E-state index in [9.17, 15) is 13.2 Å². The molecule has 0 fully saturated rings. The molecule has 6 heteroatoms. The summed E-state index contributed by atoms with van der Waals surface area (Å²) in [5, 5.41) is 8.80. The van der Waals surface area contributed by atoms with E-state index in [1.165, 1.54) is 0 Å². The maximum Gasteiger partial charge on any atom is 0.254 e. The van der Waals surface area contributed by atoms with Crippen molar-refractivity contribution < 1.29 is 13.2 Å². The number of hydrogen-bond donors (Lipinski definition) is 0. The van der Waals surface area contributed by atoms with Crippen LogP contribution in [0.15, 0.2) is 53.4 Å². The summed E-state index contributed by atoms with van der Waals surface area (Å²) in [5.41, 5.74) is 1.83. The standard InChI is InChI=1S/C18H18N2O3S/c1-13(15-8-10-17(11-9-15)24(3,22)23)20(2)18(21)16-6-4-14(12-19)5-7-16/h4-11,13H,1-3H3. The number of rotatable bonds is 4. The average Bonchev–Trinajstić information content (AvgIpc) is 2.59. The third-order valence-electron chi connectivity index (χ3n) is 3.95. The van der Waals surface area contributed by atoms with Crippen molar-refractivity contribution in [2.24, 2.45) is 0 Å². The Labute approximate surface area is 142 Å². The lowest BCUT2D eigenvalue weighted by atomic mass is 10.1. The summed E-state index contributed by atoms with van der Waals surface area (Å²) >= 11 is 0. The minimum Gasteiger partial charge on any atom is -0.335 e. The lowest BCUT2D eigenvalue weighted by Crippen LogP contribution is -2.29. The van der Waals surface area contributed by atoms with Crippen LogP contribution in [0, 0.1) is 11.3 Å². The van der Waals surface area contributed by atoms with Gasteiger partial charge in [-0.3, -0.25) is 4.79 Å². The fourth-order valence-corrected chi connectivity index (χ4v) is 2.91. The molecule has 0 aliphatic rings.